The lowest BCUT2D eigenvalue weighted by Gasteiger charge is -2.42. The first-order chi connectivity index (χ1) is 20.3. The molecule has 2 aliphatic rings. The van der Waals surface area contributed by atoms with Crippen molar-refractivity contribution in [3.63, 3.8) is 0 Å². The van der Waals surface area contributed by atoms with E-state index < -0.39 is 15.8 Å². The lowest BCUT2D eigenvalue weighted by molar-refractivity contribution is 0.0879. The molecule has 0 unspecified atom stereocenters. The number of fused-ring (bicyclic) bond motifs is 1. The first-order valence-electron chi connectivity index (χ1n) is 13.6. The van der Waals surface area contributed by atoms with Gasteiger partial charge in [0.2, 0.25) is 11.6 Å². The zero-order valence-corrected chi connectivity index (χ0v) is 25.0. The van der Waals surface area contributed by atoms with Crippen molar-refractivity contribution in [1.29, 1.82) is 0 Å². The Balaban J connectivity index is 1.34. The predicted octanol–water partition coefficient (Wildman–Crippen LogP) is 5.43. The Morgan fingerprint density at radius 1 is 0.643 bits per heavy atom. The minimum Gasteiger partial charge on any atom is -0.364 e. The second kappa shape index (κ2) is 11.7. The van der Waals surface area contributed by atoms with Crippen molar-refractivity contribution in [2.45, 2.75) is 10.9 Å². The molecule has 212 valence electrons. The van der Waals surface area contributed by atoms with E-state index in [4.69, 9.17) is 0 Å². The highest BCUT2D eigenvalue weighted by atomic mass is 79.9. The van der Waals surface area contributed by atoms with Crippen LogP contribution in [0.3, 0.4) is 0 Å². The van der Waals surface area contributed by atoms with Gasteiger partial charge in [-0.3, -0.25) is 19.2 Å². The highest BCUT2D eigenvalue weighted by molar-refractivity contribution is 9.10. The van der Waals surface area contributed by atoms with E-state index in [0.717, 1.165) is 15.6 Å². The van der Waals surface area contributed by atoms with Crippen molar-refractivity contribution in [3.05, 3.63) is 147 Å². The standard InChI is InChI=1S/C33H28BrN3O4S/c34-25-15-17-26(18-16-25)42(40,41)35-29-31(33(39)28-14-8-7-13-27(28)32(29)38)37-21-19-36(20-22-37)30(23-9-3-1-4-10-23)24-11-5-2-6-12-24/h1-18,30,35H,19-22H2. The molecule has 7 nitrogen and oxygen atoms in total. The van der Waals surface area contributed by atoms with Crippen LogP contribution in [0.2, 0.25) is 0 Å². The molecule has 1 N–H and O–H groups in total. The fourth-order valence-electron chi connectivity index (χ4n) is 5.65. The minimum atomic E-state index is -4.14. The molecular formula is C33H28BrN3O4S. The van der Waals surface area contributed by atoms with Gasteiger partial charge in [-0.1, -0.05) is 101 Å². The summed E-state index contributed by atoms with van der Waals surface area (Å²) in [7, 11) is -4.14. The van der Waals surface area contributed by atoms with Gasteiger partial charge in [-0.25, -0.2) is 8.42 Å². The molecule has 9 heteroatoms. The first-order valence-corrected chi connectivity index (χ1v) is 15.9. The van der Waals surface area contributed by atoms with Crippen molar-refractivity contribution in [1.82, 2.24) is 14.5 Å². The molecule has 6 rings (SSSR count). The summed E-state index contributed by atoms with van der Waals surface area (Å²) >= 11 is 3.32. The molecule has 0 spiro atoms. The summed E-state index contributed by atoms with van der Waals surface area (Å²) in [6.07, 6.45) is 0. The smallest absolute Gasteiger partial charge is 0.262 e. The fourth-order valence-corrected chi connectivity index (χ4v) is 6.99. The molecular weight excluding hydrogens is 614 g/mol. The number of benzene rings is 4. The molecule has 1 aliphatic carbocycles. The molecule has 0 atom stereocenters. The Morgan fingerprint density at radius 2 is 1.14 bits per heavy atom. The van der Waals surface area contributed by atoms with Crippen molar-refractivity contribution in [2.75, 3.05) is 26.2 Å². The summed E-state index contributed by atoms with van der Waals surface area (Å²) in [6, 6.07) is 33.2. The average Bonchev–Trinajstić information content (AvgIpc) is 3.02. The minimum absolute atomic E-state index is 0.00459. The molecule has 4 aromatic rings. The second-order valence-electron chi connectivity index (χ2n) is 10.2. The lowest BCUT2D eigenvalue weighted by Crippen LogP contribution is -2.50. The monoisotopic (exact) mass is 641 g/mol. The molecule has 42 heavy (non-hydrogen) atoms. The number of nitrogens with one attached hydrogen (secondary N) is 1. The van der Waals surface area contributed by atoms with Gasteiger partial charge in [-0.05, 0) is 35.4 Å². The van der Waals surface area contributed by atoms with Gasteiger partial charge in [0, 0.05) is 41.8 Å². The van der Waals surface area contributed by atoms with E-state index in [9.17, 15) is 18.0 Å². The van der Waals surface area contributed by atoms with Gasteiger partial charge < -0.3 is 4.90 Å². The van der Waals surface area contributed by atoms with Gasteiger partial charge in [0.05, 0.1) is 10.9 Å². The number of hydrogen-bond acceptors (Lipinski definition) is 6. The molecule has 0 bridgehead atoms. The number of Topliss-reactive ketones (excluding diaryl/α,β-unsaturated/α-hetero) is 2. The maximum atomic E-state index is 13.9. The van der Waals surface area contributed by atoms with Crippen LogP contribution in [0, 0.1) is 0 Å². The zero-order valence-electron chi connectivity index (χ0n) is 22.6. The number of carbonyl (C=O) groups excluding carboxylic acids is 2. The number of nitrogens with zero attached hydrogens (tertiary/aromatic N) is 2. The molecule has 4 aromatic carbocycles. The lowest BCUT2D eigenvalue weighted by atomic mass is 9.89. The Bertz CT molecular complexity index is 1730. The molecule has 0 radical (unpaired) electrons. The first kappa shape index (κ1) is 28.1. The number of allylic oxidation sites excluding steroid dienone is 2. The van der Waals surface area contributed by atoms with Crippen LogP contribution in [0.15, 0.2) is 130 Å². The van der Waals surface area contributed by atoms with Crippen molar-refractivity contribution < 1.29 is 18.0 Å². The summed E-state index contributed by atoms with van der Waals surface area (Å²) in [5, 5.41) is 0. The number of rotatable bonds is 7. The maximum Gasteiger partial charge on any atom is 0.262 e. The number of piperazine rings is 1. The summed E-state index contributed by atoms with van der Waals surface area (Å²) < 4.78 is 30.0. The number of carbonyl (C=O) groups is 2. The maximum absolute atomic E-state index is 13.9. The number of hydrogen-bond donors (Lipinski definition) is 1. The topological polar surface area (TPSA) is 86.8 Å². The van der Waals surface area contributed by atoms with Gasteiger partial charge in [0.1, 0.15) is 11.4 Å². The Labute approximate surface area is 253 Å². The van der Waals surface area contributed by atoms with Crippen molar-refractivity contribution >= 4 is 37.5 Å². The predicted molar refractivity (Wildman–Crippen MR) is 164 cm³/mol. The van der Waals surface area contributed by atoms with Gasteiger partial charge in [0.25, 0.3) is 10.0 Å². The SMILES string of the molecule is O=C1C(NS(=O)(=O)c2ccc(Br)cc2)=C(N2CCN(C(c3ccccc3)c3ccccc3)CC2)C(=O)c2ccccc21. The molecule has 1 heterocycles. The van der Waals surface area contributed by atoms with Crippen LogP contribution in [0.1, 0.15) is 37.9 Å². The van der Waals surface area contributed by atoms with Crippen LogP contribution >= 0.6 is 15.9 Å². The summed E-state index contributed by atoms with van der Waals surface area (Å²) in [5.41, 5.74) is 2.67. The molecule has 1 fully saturated rings. The highest BCUT2D eigenvalue weighted by Crippen LogP contribution is 2.33. The average molecular weight is 643 g/mol. The van der Waals surface area contributed by atoms with Crippen LogP contribution < -0.4 is 4.72 Å². The number of sulfonamides is 1. The van der Waals surface area contributed by atoms with E-state index in [-0.39, 0.29) is 39.2 Å². The van der Waals surface area contributed by atoms with E-state index in [0.29, 0.717) is 26.2 Å². The Kier molecular flexibility index (Phi) is 7.81. The van der Waals surface area contributed by atoms with Gasteiger partial charge in [-0.15, -0.1) is 0 Å². The fraction of sp³-hybridized carbons (Fsp3) is 0.152. The third-order valence-electron chi connectivity index (χ3n) is 7.68. The molecule has 1 aliphatic heterocycles. The normalized spacial score (nSPS) is 16.1. The molecule has 0 amide bonds. The van der Waals surface area contributed by atoms with Crippen molar-refractivity contribution in [2.24, 2.45) is 0 Å². The summed E-state index contributed by atoms with van der Waals surface area (Å²) in [6.45, 7) is 2.09. The highest BCUT2D eigenvalue weighted by Gasteiger charge is 2.39. The van der Waals surface area contributed by atoms with Crippen molar-refractivity contribution in [3.8, 4) is 0 Å². The summed E-state index contributed by atoms with van der Waals surface area (Å²) in [4.78, 5) is 31.8. The zero-order chi connectivity index (χ0) is 29.3. The van der Waals surface area contributed by atoms with Gasteiger partial charge in [0.15, 0.2) is 0 Å². The van der Waals surface area contributed by atoms with E-state index in [1.807, 2.05) is 41.3 Å². The second-order valence-corrected chi connectivity index (χ2v) is 12.8. The quantitative estimate of drug-likeness (QED) is 0.290. The van der Waals surface area contributed by atoms with Gasteiger partial charge >= 0.3 is 0 Å². The van der Waals surface area contributed by atoms with Crippen LogP contribution in [0.5, 0.6) is 0 Å². The Hall–Kier alpha value is -4.05. The Morgan fingerprint density at radius 3 is 1.69 bits per heavy atom. The molecule has 0 saturated carbocycles. The van der Waals surface area contributed by atoms with Crippen LogP contribution in [-0.4, -0.2) is 56.0 Å². The largest absolute Gasteiger partial charge is 0.364 e. The van der Waals surface area contributed by atoms with Crippen LogP contribution in [-0.2, 0) is 10.0 Å². The van der Waals surface area contributed by atoms with Gasteiger partial charge in [-0.2, -0.15) is 0 Å². The third-order valence-corrected chi connectivity index (χ3v) is 9.58. The van der Waals surface area contributed by atoms with E-state index in [2.05, 4.69) is 49.8 Å². The van der Waals surface area contributed by atoms with Crippen LogP contribution in [0.25, 0.3) is 0 Å². The molecule has 1 saturated heterocycles. The van der Waals surface area contributed by atoms with E-state index in [1.165, 1.54) is 12.1 Å². The summed E-state index contributed by atoms with van der Waals surface area (Å²) in [5.74, 6) is -0.885. The molecule has 0 aromatic heterocycles. The number of ketones is 2. The number of halogens is 1. The van der Waals surface area contributed by atoms with Crippen LogP contribution in [0.4, 0.5) is 0 Å². The van der Waals surface area contributed by atoms with E-state index in [1.54, 1.807) is 36.4 Å². The third kappa shape index (κ3) is 5.43. The van der Waals surface area contributed by atoms with E-state index >= 15 is 0 Å².